The highest BCUT2D eigenvalue weighted by Crippen LogP contribution is 2.06. The van der Waals surface area contributed by atoms with Gasteiger partial charge in [-0.15, -0.1) is 0 Å². The maximum absolute atomic E-state index is 8.54. The van der Waals surface area contributed by atoms with Crippen molar-refractivity contribution in [2.75, 3.05) is 13.4 Å². The minimum absolute atomic E-state index is 0.140. The molecule has 3 aromatic carbocycles. The van der Waals surface area contributed by atoms with E-state index in [1.807, 2.05) is 78.9 Å². The molecular weight excluding hydrogens is 328 g/mol. The number of aliphatic hydroxyl groups is 3. The van der Waals surface area contributed by atoms with E-state index in [2.05, 4.69) is 0 Å². The van der Waals surface area contributed by atoms with Gasteiger partial charge in [-0.25, -0.2) is 0 Å². The van der Waals surface area contributed by atoms with E-state index in [1.165, 1.54) is 5.56 Å². The van der Waals surface area contributed by atoms with Crippen LogP contribution >= 0.6 is 0 Å². The molecule has 26 heavy (non-hydrogen) atoms. The van der Waals surface area contributed by atoms with Gasteiger partial charge in [-0.2, -0.15) is 0 Å². The number of rotatable bonds is 5. The van der Waals surface area contributed by atoms with Crippen LogP contribution in [0.2, 0.25) is 0 Å². The molecule has 0 spiro atoms. The molecule has 4 heteroatoms. The van der Waals surface area contributed by atoms with Crippen LogP contribution in [-0.2, 0) is 13.0 Å². The van der Waals surface area contributed by atoms with Crippen molar-refractivity contribution < 1.29 is 20.1 Å². The third-order valence-electron chi connectivity index (χ3n) is 3.24. The molecule has 3 N–H and O–H groups in total. The lowest BCUT2D eigenvalue weighted by Gasteiger charge is -1.98. The average Bonchev–Trinajstić information content (AvgIpc) is 2.72. The fourth-order valence-electron chi connectivity index (χ4n) is 1.95. The number of para-hydroxylation sites is 1. The summed E-state index contributed by atoms with van der Waals surface area (Å²) in [5.74, 6) is 0.694. The summed E-state index contributed by atoms with van der Waals surface area (Å²) in [7, 11) is 0. The lowest BCUT2D eigenvalue weighted by Crippen LogP contribution is -1.93. The first-order chi connectivity index (χ1) is 12.8. The van der Waals surface area contributed by atoms with Crippen LogP contribution in [0.15, 0.2) is 91.0 Å². The summed E-state index contributed by atoms with van der Waals surface area (Å²) in [4.78, 5) is 0. The van der Waals surface area contributed by atoms with Gasteiger partial charge in [0.2, 0.25) is 0 Å². The average molecular weight is 354 g/mol. The molecule has 0 amide bonds. The van der Waals surface area contributed by atoms with Gasteiger partial charge in [-0.3, -0.25) is 0 Å². The van der Waals surface area contributed by atoms with Crippen molar-refractivity contribution in [2.24, 2.45) is 0 Å². The first-order valence-corrected chi connectivity index (χ1v) is 8.38. The Labute approximate surface area is 155 Å². The topological polar surface area (TPSA) is 69.9 Å². The van der Waals surface area contributed by atoms with E-state index in [4.69, 9.17) is 20.1 Å². The van der Waals surface area contributed by atoms with E-state index >= 15 is 0 Å². The Bertz CT molecular complexity index is 616. The summed E-state index contributed by atoms with van der Waals surface area (Å²) in [5.41, 5.74) is 2.16. The zero-order valence-corrected chi connectivity index (χ0v) is 14.7. The van der Waals surface area contributed by atoms with Crippen molar-refractivity contribution in [3.8, 4) is 5.75 Å². The van der Waals surface area contributed by atoms with Crippen LogP contribution in [0, 0.1) is 0 Å². The molecule has 0 unspecified atom stereocenters. The normalized spacial score (nSPS) is 9.19. The number of hydrogen-bond acceptors (Lipinski definition) is 4. The second kappa shape index (κ2) is 14.7. The zero-order chi connectivity index (χ0) is 18.9. The van der Waals surface area contributed by atoms with Crippen molar-refractivity contribution in [1.29, 1.82) is 0 Å². The maximum atomic E-state index is 8.54. The van der Waals surface area contributed by atoms with Gasteiger partial charge in [0, 0.05) is 6.61 Å². The van der Waals surface area contributed by atoms with Crippen LogP contribution in [0.5, 0.6) is 5.75 Å². The van der Waals surface area contributed by atoms with Gasteiger partial charge in [0.1, 0.15) is 5.75 Å². The van der Waals surface area contributed by atoms with E-state index in [9.17, 15) is 0 Å². The summed E-state index contributed by atoms with van der Waals surface area (Å²) < 4.78 is 4.76. The fraction of sp³-hybridized carbons (Fsp3) is 0.182. The smallest absolute Gasteiger partial charge is 0.186 e. The first-order valence-electron chi connectivity index (χ1n) is 8.38. The molecule has 0 aliphatic rings. The molecule has 0 aliphatic heterocycles. The number of hydrogen-bond donors (Lipinski definition) is 3. The van der Waals surface area contributed by atoms with E-state index in [0.29, 0.717) is 5.75 Å². The van der Waals surface area contributed by atoms with E-state index < -0.39 is 0 Å². The largest absolute Gasteiger partial charge is 0.468 e. The van der Waals surface area contributed by atoms with Crippen LogP contribution in [0.25, 0.3) is 0 Å². The minimum atomic E-state index is -0.260. The van der Waals surface area contributed by atoms with Crippen LogP contribution in [0.3, 0.4) is 0 Å². The Morgan fingerprint density at radius 1 is 0.577 bits per heavy atom. The van der Waals surface area contributed by atoms with Gasteiger partial charge in [0.15, 0.2) is 6.79 Å². The molecule has 0 atom stereocenters. The second-order valence-corrected chi connectivity index (χ2v) is 5.19. The van der Waals surface area contributed by atoms with E-state index in [1.54, 1.807) is 12.1 Å². The lowest BCUT2D eigenvalue weighted by molar-refractivity contribution is 0.0985. The van der Waals surface area contributed by atoms with Gasteiger partial charge in [-0.1, -0.05) is 78.9 Å². The summed E-state index contributed by atoms with van der Waals surface area (Å²) in [6.45, 7) is 0.120. The molecule has 3 rings (SSSR count). The molecule has 138 valence electrons. The molecule has 0 fully saturated rings. The molecule has 0 aliphatic carbocycles. The highest BCUT2D eigenvalue weighted by molar-refractivity contribution is 5.20. The summed E-state index contributed by atoms with van der Waals surface area (Å²) in [6.07, 6.45) is 0.765. The Morgan fingerprint density at radius 3 is 1.42 bits per heavy atom. The monoisotopic (exact) mass is 354 g/mol. The van der Waals surface area contributed by atoms with Gasteiger partial charge in [0.05, 0.1) is 6.61 Å². The second-order valence-electron chi connectivity index (χ2n) is 5.19. The van der Waals surface area contributed by atoms with E-state index in [0.717, 1.165) is 12.0 Å². The SMILES string of the molecule is OCCc1ccccc1.OCOc1ccccc1.OCc1ccccc1. The van der Waals surface area contributed by atoms with Gasteiger partial charge >= 0.3 is 0 Å². The quantitative estimate of drug-likeness (QED) is 0.614. The number of benzene rings is 3. The Kier molecular flexibility index (Phi) is 12.1. The Balaban J connectivity index is 0.000000195. The van der Waals surface area contributed by atoms with Gasteiger partial charge < -0.3 is 20.1 Å². The van der Waals surface area contributed by atoms with Crippen LogP contribution < -0.4 is 4.74 Å². The molecule has 0 heterocycles. The van der Waals surface area contributed by atoms with Crippen molar-refractivity contribution in [2.45, 2.75) is 13.0 Å². The maximum Gasteiger partial charge on any atom is 0.186 e. The third kappa shape index (κ3) is 10.3. The van der Waals surface area contributed by atoms with Gasteiger partial charge in [-0.05, 0) is 29.7 Å². The van der Waals surface area contributed by atoms with Crippen LogP contribution in [-0.4, -0.2) is 28.7 Å². The van der Waals surface area contributed by atoms with Gasteiger partial charge in [0.25, 0.3) is 0 Å². The summed E-state index contributed by atoms with van der Waals surface area (Å²) in [5, 5.41) is 25.4. The van der Waals surface area contributed by atoms with Crippen molar-refractivity contribution >= 4 is 0 Å². The molecule has 0 saturated heterocycles. The lowest BCUT2D eigenvalue weighted by atomic mass is 10.2. The van der Waals surface area contributed by atoms with Crippen molar-refractivity contribution in [3.05, 3.63) is 102 Å². The highest BCUT2D eigenvalue weighted by atomic mass is 16.6. The summed E-state index contributed by atoms with van der Waals surface area (Å²) >= 11 is 0. The van der Waals surface area contributed by atoms with E-state index in [-0.39, 0.29) is 20.0 Å². The molecule has 3 aromatic rings. The molecular formula is C22H26O4. The highest BCUT2D eigenvalue weighted by Gasteiger charge is 1.86. The fourth-order valence-corrected chi connectivity index (χ4v) is 1.95. The number of ether oxygens (including phenoxy) is 1. The zero-order valence-electron chi connectivity index (χ0n) is 14.7. The molecule has 0 aromatic heterocycles. The van der Waals surface area contributed by atoms with Crippen LogP contribution in [0.4, 0.5) is 0 Å². The molecule has 0 bridgehead atoms. The predicted molar refractivity (Wildman–Crippen MR) is 104 cm³/mol. The van der Waals surface area contributed by atoms with Crippen LogP contribution in [0.1, 0.15) is 11.1 Å². The Hall–Kier alpha value is -2.66. The number of aliphatic hydroxyl groups excluding tert-OH is 3. The predicted octanol–water partition coefficient (Wildman–Crippen LogP) is 3.42. The Morgan fingerprint density at radius 2 is 1.04 bits per heavy atom. The minimum Gasteiger partial charge on any atom is -0.468 e. The summed E-state index contributed by atoms with van der Waals surface area (Å²) in [6, 6.07) is 28.6. The molecule has 0 saturated carbocycles. The van der Waals surface area contributed by atoms with Crippen molar-refractivity contribution in [3.63, 3.8) is 0 Å². The van der Waals surface area contributed by atoms with Crippen molar-refractivity contribution in [1.82, 2.24) is 0 Å². The first kappa shape index (κ1) is 21.4. The third-order valence-corrected chi connectivity index (χ3v) is 3.24. The molecule has 0 radical (unpaired) electrons. The standard InChI is InChI=1S/C8H10O.C7H8O2.C7H8O/c9-7-6-8-4-2-1-3-5-8;8-6-9-7-4-2-1-3-5-7;8-6-7-4-2-1-3-5-7/h1-5,9H,6-7H2;1-5,8H,6H2;1-5,8H,6H2. The molecule has 4 nitrogen and oxygen atoms in total.